The maximum absolute atomic E-state index is 13.5. The minimum atomic E-state index is -1.24. The fourth-order valence-electron chi connectivity index (χ4n) is 4.23. The summed E-state index contributed by atoms with van der Waals surface area (Å²) in [7, 11) is 0. The Morgan fingerprint density at radius 3 is 1.72 bits per heavy atom. The van der Waals surface area contributed by atoms with Crippen LogP contribution in [0.25, 0.3) is 22.9 Å². The molecule has 0 aliphatic heterocycles. The molecule has 0 amide bonds. The molecule has 1 atom stereocenters. The molecule has 0 aromatic heterocycles. The van der Waals surface area contributed by atoms with E-state index in [0.717, 1.165) is 21.9 Å². The maximum Gasteiger partial charge on any atom is 0.211 e. The molecule has 5 heteroatoms. The fraction of sp³-hybridized carbons (Fsp3) is 0.0968. The van der Waals surface area contributed by atoms with E-state index in [1.165, 1.54) is 12.2 Å². The van der Waals surface area contributed by atoms with Crippen molar-refractivity contribution in [1.82, 2.24) is 0 Å². The van der Waals surface area contributed by atoms with Crippen LogP contribution in [0, 0.1) is 16.0 Å². The molecule has 36 heavy (non-hydrogen) atoms. The number of ketones is 2. The number of rotatable bonds is 10. The van der Waals surface area contributed by atoms with Gasteiger partial charge in [-0.1, -0.05) is 115 Å². The molecule has 5 nitrogen and oxygen atoms in total. The van der Waals surface area contributed by atoms with Crippen LogP contribution in [-0.4, -0.2) is 23.0 Å². The molecule has 0 heterocycles. The zero-order valence-corrected chi connectivity index (χ0v) is 19.6. The third kappa shape index (κ3) is 6.27. The summed E-state index contributed by atoms with van der Waals surface area (Å²) < 4.78 is 0. The highest BCUT2D eigenvalue weighted by Crippen LogP contribution is 2.31. The minimum Gasteiger partial charge on any atom is -0.294 e. The maximum atomic E-state index is 13.5. The number of carbonyl (C=O) groups excluding carboxylic acids is 2. The van der Waals surface area contributed by atoms with Crippen LogP contribution in [0.3, 0.4) is 0 Å². The molecular formula is C31H25NO4. The van der Waals surface area contributed by atoms with Gasteiger partial charge in [0.15, 0.2) is 11.6 Å². The Hall–Kier alpha value is -4.64. The number of hydrogen-bond acceptors (Lipinski definition) is 4. The highest BCUT2D eigenvalue weighted by Gasteiger charge is 2.36. The van der Waals surface area contributed by atoms with Crippen LogP contribution in [0.4, 0.5) is 0 Å². The third-order valence-corrected chi connectivity index (χ3v) is 6.04. The first-order chi connectivity index (χ1) is 17.5. The van der Waals surface area contributed by atoms with E-state index >= 15 is 0 Å². The first kappa shape index (κ1) is 24.5. The van der Waals surface area contributed by atoms with Gasteiger partial charge in [-0.3, -0.25) is 19.7 Å². The topological polar surface area (TPSA) is 77.3 Å². The van der Waals surface area contributed by atoms with Crippen molar-refractivity contribution in [2.45, 2.75) is 5.92 Å². The Balaban J connectivity index is 1.75. The van der Waals surface area contributed by atoms with Crippen molar-refractivity contribution in [2.75, 3.05) is 6.54 Å². The highest BCUT2D eigenvalue weighted by atomic mass is 16.6. The van der Waals surface area contributed by atoms with Gasteiger partial charge >= 0.3 is 0 Å². The molecule has 178 valence electrons. The second-order valence-electron chi connectivity index (χ2n) is 8.50. The van der Waals surface area contributed by atoms with E-state index in [2.05, 4.69) is 0 Å². The molecule has 0 saturated heterocycles. The monoisotopic (exact) mass is 475 g/mol. The van der Waals surface area contributed by atoms with Gasteiger partial charge in [-0.25, -0.2) is 0 Å². The zero-order valence-electron chi connectivity index (χ0n) is 19.6. The second-order valence-corrected chi connectivity index (χ2v) is 8.50. The van der Waals surface area contributed by atoms with Gasteiger partial charge in [0, 0.05) is 4.92 Å². The van der Waals surface area contributed by atoms with Crippen LogP contribution in [0.5, 0.6) is 0 Å². The molecule has 0 aliphatic rings. The van der Waals surface area contributed by atoms with E-state index in [0.29, 0.717) is 5.56 Å². The van der Waals surface area contributed by atoms with Gasteiger partial charge in [0.2, 0.25) is 6.54 Å². The van der Waals surface area contributed by atoms with Crippen LogP contribution in [0.15, 0.2) is 115 Å². The molecule has 0 N–H and O–H groups in total. The van der Waals surface area contributed by atoms with Crippen LogP contribution in [0.1, 0.15) is 22.6 Å². The number of carbonyl (C=O) groups is 2. The van der Waals surface area contributed by atoms with E-state index < -0.39 is 34.9 Å². The zero-order chi connectivity index (χ0) is 25.3. The number of allylic oxidation sites excluding steroid dienone is 2. The van der Waals surface area contributed by atoms with Gasteiger partial charge in [0.25, 0.3) is 0 Å². The minimum absolute atomic E-state index is 0.463. The molecule has 4 aromatic rings. The molecule has 0 saturated carbocycles. The average Bonchev–Trinajstić information content (AvgIpc) is 2.91. The number of hydrogen-bond donors (Lipinski definition) is 0. The fourth-order valence-corrected chi connectivity index (χ4v) is 4.23. The first-order valence-electron chi connectivity index (χ1n) is 11.7. The smallest absolute Gasteiger partial charge is 0.211 e. The van der Waals surface area contributed by atoms with E-state index in [1.54, 1.807) is 18.2 Å². The van der Waals surface area contributed by atoms with E-state index in [4.69, 9.17) is 0 Å². The van der Waals surface area contributed by atoms with Gasteiger partial charge in [-0.05, 0) is 39.6 Å². The lowest BCUT2D eigenvalue weighted by atomic mass is 9.79. The summed E-state index contributed by atoms with van der Waals surface area (Å²) in [6, 6.07) is 31.6. The number of nitrogens with zero attached hydrogens (tertiary/aromatic N) is 1. The summed E-state index contributed by atoms with van der Waals surface area (Å²) in [5, 5.41) is 13.6. The van der Waals surface area contributed by atoms with Crippen molar-refractivity contribution >= 4 is 34.5 Å². The predicted octanol–water partition coefficient (Wildman–Crippen LogP) is 6.38. The molecule has 0 bridgehead atoms. The number of benzene rings is 4. The van der Waals surface area contributed by atoms with E-state index in [1.807, 2.05) is 97.1 Å². The van der Waals surface area contributed by atoms with Gasteiger partial charge in [0.05, 0.1) is 11.8 Å². The Bertz CT molecular complexity index is 1360. The SMILES string of the molecule is O=C(/C=C/c1ccccc1)C(C(=O)/C=C/c1ccccc1)[C@@H](C[N+](=O)[O-])c1ccc2ccccc2c1. The summed E-state index contributed by atoms with van der Waals surface area (Å²) in [5.41, 5.74) is 2.18. The molecule has 0 radical (unpaired) electrons. The van der Waals surface area contributed by atoms with Crippen molar-refractivity contribution in [1.29, 1.82) is 0 Å². The molecule has 4 aromatic carbocycles. The van der Waals surface area contributed by atoms with Crippen molar-refractivity contribution < 1.29 is 14.5 Å². The lowest BCUT2D eigenvalue weighted by Crippen LogP contribution is -2.32. The molecular weight excluding hydrogens is 450 g/mol. The van der Waals surface area contributed by atoms with Gasteiger partial charge in [-0.2, -0.15) is 0 Å². The Morgan fingerprint density at radius 2 is 1.19 bits per heavy atom. The Labute approximate surface area is 209 Å². The van der Waals surface area contributed by atoms with Crippen molar-refractivity contribution in [3.8, 4) is 0 Å². The largest absolute Gasteiger partial charge is 0.294 e. The standard InChI is InChI=1S/C31H25NO4/c33-29(19-15-23-9-3-1-4-10-23)31(30(34)20-16-24-11-5-2-6-12-24)28(22-32(35)36)27-18-17-25-13-7-8-14-26(25)21-27/h1-21,28,31H,22H2/b19-15+,20-16+/t28-/m0/s1. The van der Waals surface area contributed by atoms with E-state index in [-0.39, 0.29) is 0 Å². The van der Waals surface area contributed by atoms with E-state index in [9.17, 15) is 19.7 Å². The first-order valence-corrected chi connectivity index (χ1v) is 11.7. The normalized spacial score (nSPS) is 12.4. The molecule has 0 spiro atoms. The summed E-state index contributed by atoms with van der Waals surface area (Å²) >= 11 is 0. The molecule has 4 rings (SSSR count). The quantitative estimate of drug-likeness (QED) is 0.115. The van der Waals surface area contributed by atoms with Gasteiger partial charge in [-0.15, -0.1) is 0 Å². The van der Waals surface area contributed by atoms with Crippen molar-refractivity contribution in [3.63, 3.8) is 0 Å². The van der Waals surface area contributed by atoms with Gasteiger partial charge in [0.1, 0.15) is 0 Å². The van der Waals surface area contributed by atoms with Crippen LogP contribution < -0.4 is 0 Å². The molecule has 0 aliphatic carbocycles. The third-order valence-electron chi connectivity index (χ3n) is 6.04. The predicted molar refractivity (Wildman–Crippen MR) is 143 cm³/mol. The highest BCUT2D eigenvalue weighted by molar-refractivity contribution is 6.14. The summed E-state index contributed by atoms with van der Waals surface area (Å²) in [4.78, 5) is 38.2. The average molecular weight is 476 g/mol. The van der Waals surface area contributed by atoms with Crippen LogP contribution >= 0.6 is 0 Å². The summed E-state index contributed by atoms with van der Waals surface area (Å²) in [6.45, 7) is -0.543. The lowest BCUT2D eigenvalue weighted by Gasteiger charge is -2.21. The Morgan fingerprint density at radius 1 is 0.694 bits per heavy atom. The lowest BCUT2D eigenvalue weighted by molar-refractivity contribution is -0.484. The summed E-state index contributed by atoms with van der Waals surface area (Å²) in [6.07, 6.45) is 5.96. The van der Waals surface area contributed by atoms with Crippen molar-refractivity contribution in [3.05, 3.63) is 142 Å². The second kappa shape index (κ2) is 11.7. The Kier molecular flexibility index (Phi) is 7.94. The number of nitro groups is 1. The van der Waals surface area contributed by atoms with Crippen molar-refractivity contribution in [2.24, 2.45) is 5.92 Å². The van der Waals surface area contributed by atoms with Crippen LogP contribution in [0.2, 0.25) is 0 Å². The van der Waals surface area contributed by atoms with Gasteiger partial charge < -0.3 is 0 Å². The van der Waals surface area contributed by atoms with Crippen LogP contribution in [-0.2, 0) is 9.59 Å². The molecule has 0 unspecified atom stereocenters. The summed E-state index contributed by atoms with van der Waals surface area (Å²) in [5.74, 6) is -3.11. The number of fused-ring (bicyclic) bond motifs is 1. The molecule has 0 fully saturated rings.